The van der Waals surface area contributed by atoms with Crippen LogP contribution < -0.4 is 10.6 Å². The average Bonchev–Trinajstić information content (AvgIpc) is 2.44. The average molecular weight is 263 g/mol. The molecule has 1 saturated heterocycles. The molecule has 0 bridgehead atoms. The predicted octanol–water partition coefficient (Wildman–Crippen LogP) is 1.34. The van der Waals surface area contributed by atoms with E-state index in [0.717, 1.165) is 18.7 Å². The van der Waals surface area contributed by atoms with Crippen molar-refractivity contribution in [3.8, 4) is 0 Å². The quantitative estimate of drug-likeness (QED) is 0.787. The smallest absolute Gasteiger partial charge is 0.223 e. The highest BCUT2D eigenvalue weighted by Crippen LogP contribution is 2.14. The molecule has 0 atom stereocenters. The van der Waals surface area contributed by atoms with Crippen LogP contribution in [0.25, 0.3) is 0 Å². The molecule has 2 N–H and O–H groups in total. The molecule has 0 unspecified atom stereocenters. The Balaban J connectivity index is 1.65. The molecular weight excluding hydrogens is 242 g/mol. The van der Waals surface area contributed by atoms with Crippen molar-refractivity contribution in [3.05, 3.63) is 23.9 Å². The molecule has 104 valence electrons. The number of aromatic nitrogens is 1. The number of carbonyl (C=O) groups excluding carboxylic acids is 1. The molecule has 5 nitrogen and oxygen atoms in total. The molecule has 1 aromatic rings. The number of rotatable bonds is 5. The summed E-state index contributed by atoms with van der Waals surface area (Å²) in [6.45, 7) is 4.73. The summed E-state index contributed by atoms with van der Waals surface area (Å²) in [5.41, 5.74) is 1.17. The van der Waals surface area contributed by atoms with Crippen molar-refractivity contribution in [2.24, 2.45) is 5.92 Å². The summed E-state index contributed by atoms with van der Waals surface area (Å²) in [6.07, 6.45) is 3.44. The van der Waals surface area contributed by atoms with E-state index in [9.17, 15) is 4.79 Å². The molecule has 0 aromatic carbocycles. The van der Waals surface area contributed by atoms with Crippen LogP contribution in [0.4, 0.5) is 5.82 Å². The Morgan fingerprint density at radius 1 is 1.42 bits per heavy atom. The zero-order chi connectivity index (χ0) is 13.5. The summed E-state index contributed by atoms with van der Waals surface area (Å²) >= 11 is 0. The topological polar surface area (TPSA) is 63.2 Å². The van der Waals surface area contributed by atoms with Crippen molar-refractivity contribution in [1.29, 1.82) is 0 Å². The Bertz CT molecular complexity index is 417. The third-order valence-electron chi connectivity index (χ3n) is 3.24. The molecule has 0 radical (unpaired) electrons. The van der Waals surface area contributed by atoms with Crippen molar-refractivity contribution < 1.29 is 9.53 Å². The molecule has 2 heterocycles. The minimum absolute atomic E-state index is 0.117. The second kappa shape index (κ2) is 7.09. The first-order valence-corrected chi connectivity index (χ1v) is 6.77. The first kappa shape index (κ1) is 13.8. The SMILES string of the molecule is Cc1ccnc(NCCNC(=O)C2CCOCC2)c1. The van der Waals surface area contributed by atoms with Gasteiger partial charge in [-0.15, -0.1) is 0 Å². The van der Waals surface area contributed by atoms with Gasteiger partial charge in [0, 0.05) is 38.4 Å². The number of hydrogen-bond acceptors (Lipinski definition) is 4. The molecule has 1 fully saturated rings. The Morgan fingerprint density at radius 3 is 2.95 bits per heavy atom. The maximum atomic E-state index is 11.9. The summed E-state index contributed by atoms with van der Waals surface area (Å²) in [6, 6.07) is 3.94. The number of hydrogen-bond donors (Lipinski definition) is 2. The van der Waals surface area contributed by atoms with Crippen LogP contribution in [0.1, 0.15) is 18.4 Å². The molecule has 5 heteroatoms. The summed E-state index contributed by atoms with van der Waals surface area (Å²) in [4.78, 5) is 16.1. The zero-order valence-electron chi connectivity index (χ0n) is 11.3. The summed E-state index contributed by atoms with van der Waals surface area (Å²) in [5.74, 6) is 1.11. The largest absolute Gasteiger partial charge is 0.381 e. The van der Waals surface area contributed by atoms with Crippen LogP contribution in [0.5, 0.6) is 0 Å². The van der Waals surface area contributed by atoms with E-state index in [4.69, 9.17) is 4.74 Å². The lowest BCUT2D eigenvalue weighted by atomic mass is 9.99. The van der Waals surface area contributed by atoms with Crippen LogP contribution in [-0.2, 0) is 9.53 Å². The van der Waals surface area contributed by atoms with Gasteiger partial charge in [0.05, 0.1) is 0 Å². The Kier molecular flexibility index (Phi) is 5.15. The number of nitrogens with one attached hydrogen (secondary N) is 2. The molecule has 1 aliphatic rings. The third kappa shape index (κ3) is 4.52. The van der Waals surface area contributed by atoms with Crippen molar-refractivity contribution >= 4 is 11.7 Å². The van der Waals surface area contributed by atoms with Gasteiger partial charge in [-0.3, -0.25) is 4.79 Å². The fourth-order valence-corrected chi connectivity index (χ4v) is 2.11. The Morgan fingerprint density at radius 2 is 2.21 bits per heavy atom. The number of ether oxygens (including phenoxy) is 1. The lowest BCUT2D eigenvalue weighted by molar-refractivity contribution is -0.127. The van der Waals surface area contributed by atoms with Gasteiger partial charge in [-0.25, -0.2) is 4.98 Å². The van der Waals surface area contributed by atoms with Crippen LogP contribution in [0, 0.1) is 12.8 Å². The van der Waals surface area contributed by atoms with E-state index >= 15 is 0 Å². The molecule has 19 heavy (non-hydrogen) atoms. The van der Waals surface area contributed by atoms with E-state index in [2.05, 4.69) is 15.6 Å². The standard InChI is InChI=1S/C14H21N3O2/c1-11-2-5-15-13(10-11)16-6-7-17-14(18)12-3-8-19-9-4-12/h2,5,10,12H,3-4,6-9H2,1H3,(H,15,16)(H,17,18). The van der Waals surface area contributed by atoms with E-state index in [1.807, 2.05) is 19.1 Å². The van der Waals surface area contributed by atoms with Gasteiger partial charge >= 0.3 is 0 Å². The van der Waals surface area contributed by atoms with E-state index in [1.54, 1.807) is 6.20 Å². The van der Waals surface area contributed by atoms with Crippen LogP contribution in [0.3, 0.4) is 0 Å². The molecule has 0 spiro atoms. The first-order valence-electron chi connectivity index (χ1n) is 6.77. The molecule has 0 aliphatic carbocycles. The van der Waals surface area contributed by atoms with E-state index < -0.39 is 0 Å². The Labute approximate surface area is 113 Å². The third-order valence-corrected chi connectivity index (χ3v) is 3.24. The number of amides is 1. The highest BCUT2D eigenvalue weighted by molar-refractivity contribution is 5.78. The monoisotopic (exact) mass is 263 g/mol. The molecule has 0 saturated carbocycles. The molecule has 1 aliphatic heterocycles. The highest BCUT2D eigenvalue weighted by atomic mass is 16.5. The van der Waals surface area contributed by atoms with Gasteiger partial charge in [0.15, 0.2) is 0 Å². The van der Waals surface area contributed by atoms with Gasteiger partial charge in [-0.05, 0) is 37.5 Å². The maximum Gasteiger partial charge on any atom is 0.223 e. The van der Waals surface area contributed by atoms with Crippen molar-refractivity contribution in [2.45, 2.75) is 19.8 Å². The number of anilines is 1. The maximum absolute atomic E-state index is 11.9. The van der Waals surface area contributed by atoms with Crippen molar-refractivity contribution in [3.63, 3.8) is 0 Å². The number of nitrogens with zero attached hydrogens (tertiary/aromatic N) is 1. The number of aryl methyl sites for hydroxylation is 1. The van der Waals surface area contributed by atoms with E-state index in [-0.39, 0.29) is 11.8 Å². The lowest BCUT2D eigenvalue weighted by Gasteiger charge is -2.21. The second-order valence-corrected chi connectivity index (χ2v) is 4.82. The Hall–Kier alpha value is -1.62. The van der Waals surface area contributed by atoms with Crippen LogP contribution in [-0.4, -0.2) is 37.2 Å². The summed E-state index contributed by atoms with van der Waals surface area (Å²) in [7, 11) is 0. The summed E-state index contributed by atoms with van der Waals surface area (Å²) < 4.78 is 5.24. The molecule has 1 amide bonds. The second-order valence-electron chi connectivity index (χ2n) is 4.82. The van der Waals surface area contributed by atoms with Crippen molar-refractivity contribution in [1.82, 2.24) is 10.3 Å². The van der Waals surface area contributed by atoms with Crippen LogP contribution in [0.15, 0.2) is 18.3 Å². The molecular formula is C14H21N3O2. The number of pyridine rings is 1. The lowest BCUT2D eigenvalue weighted by Crippen LogP contribution is -2.36. The van der Waals surface area contributed by atoms with Gasteiger partial charge in [0.1, 0.15) is 5.82 Å². The fourth-order valence-electron chi connectivity index (χ4n) is 2.11. The van der Waals surface area contributed by atoms with Gasteiger partial charge in [0.25, 0.3) is 0 Å². The van der Waals surface area contributed by atoms with Crippen LogP contribution in [0.2, 0.25) is 0 Å². The normalized spacial score (nSPS) is 16.1. The molecule has 1 aromatic heterocycles. The van der Waals surface area contributed by atoms with Gasteiger partial charge in [-0.1, -0.05) is 0 Å². The van der Waals surface area contributed by atoms with Crippen LogP contribution >= 0.6 is 0 Å². The van der Waals surface area contributed by atoms with E-state index in [0.29, 0.717) is 26.3 Å². The first-order chi connectivity index (χ1) is 9.25. The minimum Gasteiger partial charge on any atom is -0.381 e. The van der Waals surface area contributed by atoms with Gasteiger partial charge in [0.2, 0.25) is 5.91 Å². The highest BCUT2D eigenvalue weighted by Gasteiger charge is 2.20. The summed E-state index contributed by atoms with van der Waals surface area (Å²) in [5, 5.41) is 6.15. The predicted molar refractivity (Wildman–Crippen MR) is 74.0 cm³/mol. The van der Waals surface area contributed by atoms with Gasteiger partial charge in [-0.2, -0.15) is 0 Å². The fraction of sp³-hybridized carbons (Fsp3) is 0.571. The van der Waals surface area contributed by atoms with E-state index in [1.165, 1.54) is 5.56 Å². The van der Waals surface area contributed by atoms with Gasteiger partial charge < -0.3 is 15.4 Å². The molecule has 2 rings (SSSR count). The van der Waals surface area contributed by atoms with Crippen molar-refractivity contribution in [2.75, 3.05) is 31.6 Å². The minimum atomic E-state index is 0.117. The number of carbonyl (C=O) groups is 1. The zero-order valence-corrected chi connectivity index (χ0v) is 11.3.